The summed E-state index contributed by atoms with van der Waals surface area (Å²) in [4.78, 5) is 86.5. The van der Waals surface area contributed by atoms with Crippen molar-refractivity contribution >= 4 is 72.6 Å². The number of benzene rings is 2. The number of hydrogen-bond acceptors (Lipinski definition) is 19. The van der Waals surface area contributed by atoms with E-state index in [1.165, 1.54) is 180 Å². The third-order valence-electron chi connectivity index (χ3n) is 21.1. The van der Waals surface area contributed by atoms with Gasteiger partial charge in [-0.2, -0.15) is 9.46 Å². The lowest BCUT2D eigenvalue weighted by molar-refractivity contribution is 0.109. The molecule has 0 aliphatic heterocycles. The number of fused-ring (bicyclic) bond motifs is 6. The number of imidazole rings is 2. The number of nitrogens with zero attached hydrogens (tertiary/aromatic N) is 9. The maximum absolute atomic E-state index is 13.0. The summed E-state index contributed by atoms with van der Waals surface area (Å²) in [5.74, 6) is 2.89. The molecule has 4 aromatic carbocycles. The highest BCUT2D eigenvalue weighted by molar-refractivity contribution is 6.07. The van der Waals surface area contributed by atoms with E-state index in [9.17, 15) is 19.2 Å². The zero-order valence-corrected chi connectivity index (χ0v) is 70.6. The van der Waals surface area contributed by atoms with Crippen LogP contribution in [-0.2, 0) is 12.8 Å². The Kier molecular flexibility index (Phi) is 46.0. The number of rotatable bonds is 63. The standard InChI is InChI=1S/C44H71N7O3.C23H36N6O.C23H41NO3/c1-5-7-9-10-11-12-13-14-15-16-17-18-19-20-23-30-46-38-41(43(53)42(38)52)50(33-26-31-49(3)4)32-24-25-34-54-51-37(29-8-6-2)48-39-40(51)35-27-21-22-28-36(35)47-44(39)45;1-4-5-13-20-27-21-22(18-11-6-7-12-19(18)26-23(21)24)29(20)30-17-9-8-14-25-15-10-16-28(2)3;1-3-5-6-7-8-9-10-11-12-13-14-15-16-17-18-19-24-20-21(25)22(26)23(20)27-4-2/h21-22,27-28,46H,5-20,23-26,29-34H2,1-4H3,(H2,45,47);6-7,11-12,25H,4-5,8-10,13-17H2,1-3H3,(H2,24,26);24H,3-19H2,1-2H3. The summed E-state index contributed by atoms with van der Waals surface area (Å²) in [5, 5.41) is 11.9. The third kappa shape index (κ3) is 32.2. The van der Waals surface area contributed by atoms with E-state index >= 15 is 0 Å². The van der Waals surface area contributed by atoms with Crippen LogP contribution in [0.15, 0.2) is 67.7 Å². The fraction of sp³-hybridized carbons (Fsp3) is 0.689. The fourth-order valence-electron chi connectivity index (χ4n) is 14.6. The van der Waals surface area contributed by atoms with Crippen molar-refractivity contribution in [2.45, 2.75) is 304 Å². The van der Waals surface area contributed by atoms with Crippen molar-refractivity contribution in [1.29, 1.82) is 0 Å². The zero-order chi connectivity index (χ0) is 79.6. The molecule has 0 aliphatic carbocycles. The van der Waals surface area contributed by atoms with Gasteiger partial charge in [0, 0.05) is 49.8 Å². The predicted molar refractivity (Wildman–Crippen MR) is 470 cm³/mol. The molecule has 0 spiro atoms. The molecular weight excluding hydrogens is 1390 g/mol. The summed E-state index contributed by atoms with van der Waals surface area (Å²) < 4.78 is 8.98. The lowest BCUT2D eigenvalue weighted by Gasteiger charge is -2.28. The van der Waals surface area contributed by atoms with Crippen LogP contribution in [0, 0.1) is 0 Å². The molecule has 8 rings (SSSR count). The number of aryl methyl sites for hydroxylation is 2. The molecule has 620 valence electrons. The molecular formula is C90H148N14O7. The molecule has 0 atom stereocenters. The summed E-state index contributed by atoms with van der Waals surface area (Å²) in [6.45, 7) is 19.3. The second-order valence-corrected chi connectivity index (χ2v) is 31.3. The molecule has 0 aliphatic rings. The Balaban J connectivity index is 0.000000284. The highest BCUT2D eigenvalue weighted by Crippen LogP contribution is 2.31. The van der Waals surface area contributed by atoms with Crippen molar-refractivity contribution in [3.05, 3.63) is 101 Å². The van der Waals surface area contributed by atoms with Gasteiger partial charge in [-0.15, -0.1) is 0 Å². The van der Waals surface area contributed by atoms with E-state index in [-0.39, 0.29) is 16.6 Å². The van der Waals surface area contributed by atoms with Gasteiger partial charge in [-0.3, -0.25) is 19.2 Å². The van der Waals surface area contributed by atoms with Crippen molar-refractivity contribution in [3.63, 3.8) is 0 Å². The van der Waals surface area contributed by atoms with Crippen LogP contribution in [0.3, 0.4) is 0 Å². The van der Waals surface area contributed by atoms with E-state index in [2.05, 4.69) is 103 Å². The molecule has 4 aromatic heterocycles. The topological polar surface area (TPSA) is 255 Å². The fourth-order valence-corrected chi connectivity index (χ4v) is 14.6. The van der Waals surface area contributed by atoms with Crippen LogP contribution < -0.4 is 68.4 Å². The van der Waals surface area contributed by atoms with Gasteiger partial charge in [0.05, 0.1) is 17.6 Å². The van der Waals surface area contributed by atoms with Gasteiger partial charge < -0.3 is 56.5 Å². The van der Waals surface area contributed by atoms with Gasteiger partial charge in [-0.1, -0.05) is 257 Å². The summed E-state index contributed by atoms with van der Waals surface area (Å²) in [5.41, 5.74) is 17.3. The molecule has 21 heteroatoms. The lowest BCUT2D eigenvalue weighted by Crippen LogP contribution is -2.44. The van der Waals surface area contributed by atoms with Crippen molar-refractivity contribution < 1.29 is 14.4 Å². The number of unbranched alkanes of at least 4 members (excludes halogenated alkanes) is 32. The normalized spacial score (nSPS) is 11.6. The van der Waals surface area contributed by atoms with Gasteiger partial charge in [-0.05, 0) is 138 Å². The van der Waals surface area contributed by atoms with Crippen LogP contribution >= 0.6 is 0 Å². The van der Waals surface area contributed by atoms with E-state index < -0.39 is 10.9 Å². The Morgan fingerprint density at radius 2 is 0.748 bits per heavy atom. The largest absolute Gasteiger partial charge is 0.488 e. The van der Waals surface area contributed by atoms with Crippen LogP contribution in [0.5, 0.6) is 5.75 Å². The van der Waals surface area contributed by atoms with Gasteiger partial charge in [-0.25, -0.2) is 19.9 Å². The number of pyridine rings is 2. The van der Waals surface area contributed by atoms with Gasteiger partial charge in [0.15, 0.2) is 17.4 Å². The maximum atomic E-state index is 13.0. The number of para-hydroxylation sites is 2. The van der Waals surface area contributed by atoms with E-state index in [1.807, 2.05) is 58.8 Å². The van der Waals surface area contributed by atoms with Gasteiger partial charge in [0.25, 0.3) is 21.7 Å². The van der Waals surface area contributed by atoms with Crippen LogP contribution in [0.25, 0.3) is 43.9 Å². The van der Waals surface area contributed by atoms with Crippen LogP contribution in [0.1, 0.15) is 303 Å². The number of anilines is 5. The zero-order valence-electron chi connectivity index (χ0n) is 70.6. The van der Waals surface area contributed by atoms with Crippen LogP contribution in [-0.4, -0.2) is 140 Å². The molecule has 0 unspecified atom stereocenters. The van der Waals surface area contributed by atoms with E-state index in [1.54, 1.807) is 0 Å². The minimum atomic E-state index is -0.490. The molecule has 111 heavy (non-hydrogen) atoms. The second-order valence-electron chi connectivity index (χ2n) is 31.3. The Morgan fingerprint density at radius 1 is 0.378 bits per heavy atom. The van der Waals surface area contributed by atoms with Crippen molar-refractivity contribution in [3.8, 4) is 5.75 Å². The molecule has 21 nitrogen and oxygen atoms in total. The number of nitrogens with one attached hydrogen (secondary N) is 3. The lowest BCUT2D eigenvalue weighted by atomic mass is 10.0. The minimum absolute atomic E-state index is 0.225. The first-order chi connectivity index (χ1) is 54.2. The summed E-state index contributed by atoms with van der Waals surface area (Å²) in [7, 11) is 8.34. The Labute approximate surface area is 666 Å². The minimum Gasteiger partial charge on any atom is -0.488 e. The predicted octanol–water partition coefficient (Wildman–Crippen LogP) is 18.3. The van der Waals surface area contributed by atoms with Crippen molar-refractivity contribution in [1.82, 2.24) is 44.5 Å². The van der Waals surface area contributed by atoms with Gasteiger partial charge in [0.1, 0.15) is 64.0 Å². The number of nitrogens with two attached hydrogens (primary N) is 2. The smallest absolute Gasteiger partial charge is 0.272 e. The highest BCUT2D eigenvalue weighted by Gasteiger charge is 2.27. The van der Waals surface area contributed by atoms with Crippen molar-refractivity contribution in [2.75, 3.05) is 127 Å². The van der Waals surface area contributed by atoms with Crippen LogP contribution in [0.2, 0.25) is 0 Å². The third-order valence-corrected chi connectivity index (χ3v) is 21.1. The second kappa shape index (κ2) is 55.2. The number of nitrogen functional groups attached to an aromatic ring is 2. The molecule has 0 amide bonds. The Morgan fingerprint density at radius 3 is 1.18 bits per heavy atom. The molecule has 7 N–H and O–H groups in total. The first-order valence-electron chi connectivity index (χ1n) is 44.1. The summed E-state index contributed by atoms with van der Waals surface area (Å²) in [6.07, 6.45) is 51.6. The first-order valence-corrected chi connectivity index (χ1v) is 44.1. The van der Waals surface area contributed by atoms with Crippen LogP contribution in [0.4, 0.5) is 28.7 Å². The molecule has 0 bridgehead atoms. The SMILES string of the molecule is CCCCCCCCCCCCCCCCCNc1c(N(CCCCOn2c(CCCC)nc3c(N)nc4ccccc4c32)CCCN(C)C)c(=O)c1=O.CCCCCCCCCCCCCCCCCNc1c(OCC)c(=O)c1=O.CCCCc1nc2c(N)nc3ccccc3c2n1OCCCCNCCCN(C)C. The number of aromatic nitrogens is 6. The maximum Gasteiger partial charge on any atom is 0.272 e. The first kappa shape index (κ1) is 92.5. The van der Waals surface area contributed by atoms with E-state index in [0.29, 0.717) is 60.6 Å². The average Bonchev–Trinajstić information content (AvgIpc) is 1.41. The quantitative estimate of drug-likeness (QED) is 0.0175. The number of hydrogen-bond donors (Lipinski definition) is 5. The summed E-state index contributed by atoms with van der Waals surface area (Å²) in [6, 6.07) is 16.0. The highest BCUT2D eigenvalue weighted by atomic mass is 16.7. The summed E-state index contributed by atoms with van der Waals surface area (Å²) >= 11 is 0. The average molecular weight is 1540 g/mol. The molecule has 0 saturated carbocycles. The van der Waals surface area contributed by atoms with Gasteiger partial charge >= 0.3 is 0 Å². The monoisotopic (exact) mass is 1540 g/mol. The molecule has 4 heterocycles. The van der Waals surface area contributed by atoms with E-state index in [4.69, 9.17) is 35.8 Å². The van der Waals surface area contributed by atoms with Crippen molar-refractivity contribution in [2.24, 2.45) is 0 Å². The Bertz CT molecular complexity index is 3960. The molecule has 0 saturated heterocycles. The Hall–Kier alpha value is -7.36. The van der Waals surface area contributed by atoms with E-state index in [0.717, 1.165) is 186 Å². The number of ether oxygens (including phenoxy) is 1. The molecule has 0 radical (unpaired) electrons. The molecule has 0 fully saturated rings. The van der Waals surface area contributed by atoms with Gasteiger partial charge in [0.2, 0.25) is 0 Å². The molecule has 8 aromatic rings.